The molecule has 22 heavy (non-hydrogen) atoms. The van der Waals surface area contributed by atoms with Crippen molar-refractivity contribution in [3.8, 4) is 5.75 Å². The Morgan fingerprint density at radius 2 is 1.55 bits per heavy atom. The number of aromatic hydroxyl groups is 1. The summed E-state index contributed by atoms with van der Waals surface area (Å²) in [6, 6.07) is 2.49. The number of Topliss-reactive ketones (excluding diaryl/α,β-unsaturated/α-hetero) is 2. The fourth-order valence-electron chi connectivity index (χ4n) is 2.14. The number of rotatable bonds is 2. The molecule has 0 radical (unpaired) electrons. The van der Waals surface area contributed by atoms with Crippen molar-refractivity contribution in [1.29, 1.82) is 0 Å². The van der Waals surface area contributed by atoms with Gasteiger partial charge >= 0.3 is 0 Å². The van der Waals surface area contributed by atoms with Gasteiger partial charge in [-0.2, -0.15) is 0 Å². The maximum atomic E-state index is 12.4. The predicted molar refractivity (Wildman–Crippen MR) is 84.7 cm³/mol. The topological polar surface area (TPSA) is 127 Å². The average Bonchev–Trinajstić information content (AvgIpc) is 2.46. The molecule has 1 aliphatic rings. The molecule has 0 amide bonds. The molecule has 6 N–H and O–H groups in total. The Bertz CT molecular complexity index is 669. The van der Waals surface area contributed by atoms with Crippen LogP contribution in [0.15, 0.2) is 47.9 Å². The zero-order chi connectivity index (χ0) is 17.2. The number of hydrogen-bond donors (Lipinski definition) is 4. The minimum Gasteiger partial charge on any atom is -0.508 e. The lowest BCUT2D eigenvalue weighted by Gasteiger charge is -2.22. The van der Waals surface area contributed by atoms with Gasteiger partial charge < -0.3 is 21.7 Å². The second-order valence-corrected chi connectivity index (χ2v) is 4.30. The molecule has 0 spiro atoms. The summed E-state index contributed by atoms with van der Waals surface area (Å²) in [5.41, 5.74) is 9.92. The Morgan fingerprint density at radius 1 is 1.05 bits per heavy atom. The molecule has 1 aromatic carbocycles. The fraction of sp³-hybridized carbons (Fsp3) is 0.125. The van der Waals surface area contributed by atoms with E-state index in [1.165, 1.54) is 12.1 Å². The van der Waals surface area contributed by atoms with Crippen LogP contribution in [0.5, 0.6) is 5.75 Å². The minimum absolute atomic E-state index is 0.0107. The summed E-state index contributed by atoms with van der Waals surface area (Å²) in [4.78, 5) is 24.7. The number of anilines is 1. The monoisotopic (exact) mass is 302 g/mol. The van der Waals surface area contributed by atoms with Gasteiger partial charge in [-0.1, -0.05) is 27.0 Å². The van der Waals surface area contributed by atoms with Crippen LogP contribution in [-0.4, -0.2) is 21.8 Å². The first-order valence-electron chi connectivity index (χ1n) is 6.55. The molecule has 0 saturated carbocycles. The van der Waals surface area contributed by atoms with Crippen molar-refractivity contribution in [3.05, 3.63) is 59.0 Å². The van der Waals surface area contributed by atoms with E-state index in [0.717, 1.165) is 0 Å². The maximum absolute atomic E-state index is 12.4. The van der Waals surface area contributed by atoms with Crippen molar-refractivity contribution in [2.24, 2.45) is 5.73 Å². The number of phenolic OH excluding ortho intramolecular Hbond substituents is 1. The molecule has 116 valence electrons. The molecule has 0 aliphatic heterocycles. The van der Waals surface area contributed by atoms with E-state index in [2.05, 4.69) is 13.2 Å². The molecule has 1 aromatic rings. The molecule has 1 aliphatic carbocycles. The molecule has 2 rings (SSSR count). The number of nitrogen functional groups attached to an aromatic ring is 1. The van der Waals surface area contributed by atoms with Gasteiger partial charge in [-0.3, -0.25) is 9.59 Å². The summed E-state index contributed by atoms with van der Waals surface area (Å²) < 4.78 is 0. The quantitative estimate of drug-likeness (QED) is 0.377. The van der Waals surface area contributed by atoms with Gasteiger partial charge in [0.05, 0.1) is 22.3 Å². The molecule has 0 aromatic heterocycles. The zero-order valence-corrected chi connectivity index (χ0v) is 12.4. The van der Waals surface area contributed by atoms with E-state index >= 15 is 0 Å². The van der Waals surface area contributed by atoms with E-state index in [1.54, 1.807) is 0 Å². The normalized spacial score (nSPS) is 13.2. The van der Waals surface area contributed by atoms with Crippen molar-refractivity contribution in [2.45, 2.75) is 13.8 Å². The van der Waals surface area contributed by atoms with Gasteiger partial charge in [0.25, 0.3) is 0 Å². The van der Waals surface area contributed by atoms with Crippen molar-refractivity contribution >= 4 is 17.3 Å². The molecule has 0 bridgehead atoms. The Morgan fingerprint density at radius 3 is 2.00 bits per heavy atom. The lowest BCUT2D eigenvalue weighted by Crippen LogP contribution is -2.27. The SMILES string of the molecule is C=C(N)C1=C(C(=C)O)C(=O)c2c(N)ccc(O)c2C1=O.CC. The highest BCUT2D eigenvalue weighted by Crippen LogP contribution is 2.38. The molecule has 0 atom stereocenters. The number of phenols is 1. The Kier molecular flexibility index (Phi) is 4.78. The number of benzene rings is 1. The smallest absolute Gasteiger partial charge is 0.200 e. The lowest BCUT2D eigenvalue weighted by molar-refractivity contribution is 0.0971. The summed E-state index contributed by atoms with van der Waals surface area (Å²) in [6.07, 6.45) is 0. The average molecular weight is 302 g/mol. The van der Waals surface area contributed by atoms with E-state index in [0.29, 0.717) is 0 Å². The molecular weight excluding hydrogens is 284 g/mol. The first-order chi connectivity index (χ1) is 10.3. The fourth-order valence-corrected chi connectivity index (χ4v) is 2.14. The van der Waals surface area contributed by atoms with Crippen LogP contribution in [-0.2, 0) is 0 Å². The van der Waals surface area contributed by atoms with Crippen molar-refractivity contribution in [2.75, 3.05) is 5.73 Å². The molecule has 0 heterocycles. The van der Waals surface area contributed by atoms with Crippen LogP contribution in [0.2, 0.25) is 0 Å². The van der Waals surface area contributed by atoms with Crippen LogP contribution in [0.1, 0.15) is 34.6 Å². The van der Waals surface area contributed by atoms with Crippen LogP contribution < -0.4 is 11.5 Å². The van der Waals surface area contributed by atoms with Crippen LogP contribution in [0.3, 0.4) is 0 Å². The molecule has 0 saturated heterocycles. The molecular formula is C16H18N2O4. The van der Waals surface area contributed by atoms with E-state index in [1.807, 2.05) is 13.8 Å². The second-order valence-electron chi connectivity index (χ2n) is 4.30. The van der Waals surface area contributed by atoms with Crippen LogP contribution in [0.4, 0.5) is 5.69 Å². The summed E-state index contributed by atoms with van der Waals surface area (Å²) in [5, 5.41) is 19.3. The standard InChI is InChI=1S/C14H12N2O4.C2H6/c1-5(15)9-10(6(2)17)14(20)11-7(16)3-4-8(18)12(11)13(9)19;1-2/h3-4,17-18H,1-2,15-16H2;1-2H3. The summed E-state index contributed by atoms with van der Waals surface area (Å²) >= 11 is 0. The third-order valence-corrected chi connectivity index (χ3v) is 2.98. The Labute approximate surface area is 128 Å². The van der Waals surface area contributed by atoms with Gasteiger partial charge in [-0.15, -0.1) is 0 Å². The summed E-state index contributed by atoms with van der Waals surface area (Å²) in [5.74, 6) is -2.48. The maximum Gasteiger partial charge on any atom is 0.200 e. The van der Waals surface area contributed by atoms with Crippen LogP contribution in [0.25, 0.3) is 0 Å². The largest absolute Gasteiger partial charge is 0.508 e. The third-order valence-electron chi connectivity index (χ3n) is 2.98. The van der Waals surface area contributed by atoms with Crippen LogP contribution in [0, 0.1) is 0 Å². The van der Waals surface area contributed by atoms with Gasteiger partial charge in [0, 0.05) is 11.4 Å². The minimum atomic E-state index is -0.734. The van der Waals surface area contributed by atoms with Crippen molar-refractivity contribution in [3.63, 3.8) is 0 Å². The van der Waals surface area contributed by atoms with Gasteiger partial charge in [-0.25, -0.2) is 0 Å². The van der Waals surface area contributed by atoms with Gasteiger partial charge in [0.1, 0.15) is 11.5 Å². The number of hydrogen-bond acceptors (Lipinski definition) is 6. The third kappa shape index (κ3) is 2.46. The first kappa shape index (κ1) is 17.0. The van der Waals surface area contributed by atoms with Crippen molar-refractivity contribution in [1.82, 2.24) is 0 Å². The summed E-state index contributed by atoms with van der Waals surface area (Å²) in [7, 11) is 0. The number of fused-ring (bicyclic) bond motifs is 1. The molecule has 0 unspecified atom stereocenters. The highest BCUT2D eigenvalue weighted by Gasteiger charge is 2.37. The Balaban J connectivity index is 0.00000116. The number of ketones is 2. The second kappa shape index (κ2) is 6.17. The highest BCUT2D eigenvalue weighted by atomic mass is 16.3. The van der Waals surface area contributed by atoms with Gasteiger partial charge in [0.2, 0.25) is 11.6 Å². The zero-order valence-electron chi connectivity index (χ0n) is 12.4. The number of carbonyl (C=O) groups excluding carboxylic acids is 2. The van der Waals surface area contributed by atoms with E-state index in [-0.39, 0.29) is 33.7 Å². The highest BCUT2D eigenvalue weighted by molar-refractivity contribution is 6.32. The van der Waals surface area contributed by atoms with Gasteiger partial charge in [-0.05, 0) is 12.1 Å². The van der Waals surface area contributed by atoms with E-state index in [9.17, 15) is 19.8 Å². The molecule has 0 fully saturated rings. The number of nitrogens with two attached hydrogens (primary N) is 2. The summed E-state index contributed by atoms with van der Waals surface area (Å²) in [6.45, 7) is 10.6. The first-order valence-corrected chi connectivity index (χ1v) is 6.55. The Hall–Kier alpha value is -3.02. The number of carbonyl (C=O) groups is 2. The predicted octanol–water partition coefficient (Wildman–Crippen LogP) is 2.22. The molecule has 6 heteroatoms. The van der Waals surface area contributed by atoms with Gasteiger partial charge in [0.15, 0.2) is 0 Å². The molecule has 6 nitrogen and oxygen atoms in total. The lowest BCUT2D eigenvalue weighted by atomic mass is 9.81. The number of aliphatic hydroxyl groups is 1. The van der Waals surface area contributed by atoms with Crippen LogP contribution >= 0.6 is 0 Å². The van der Waals surface area contributed by atoms with E-state index < -0.39 is 23.1 Å². The van der Waals surface area contributed by atoms with Crippen molar-refractivity contribution < 1.29 is 19.8 Å². The number of aliphatic hydroxyl groups excluding tert-OH is 1. The van der Waals surface area contributed by atoms with E-state index in [4.69, 9.17) is 11.5 Å². The number of allylic oxidation sites excluding steroid dienone is 2.